The lowest BCUT2D eigenvalue weighted by atomic mass is 9.90. The van der Waals surface area contributed by atoms with E-state index in [4.69, 9.17) is 9.47 Å². The van der Waals surface area contributed by atoms with E-state index in [-0.39, 0.29) is 37.0 Å². The number of hydrogen-bond acceptors (Lipinski definition) is 6. The third kappa shape index (κ3) is 10.4. The highest BCUT2D eigenvalue weighted by molar-refractivity contribution is 5.90. The molecule has 32 heavy (non-hydrogen) atoms. The lowest BCUT2D eigenvalue weighted by Crippen LogP contribution is -2.39. The number of Topliss-reactive ketones (excluding diaryl/α,β-unsaturated/α-hetero) is 1. The number of alkyl carbamates (subject to hydrolysis) is 1. The Morgan fingerprint density at radius 2 is 1.66 bits per heavy atom. The van der Waals surface area contributed by atoms with Crippen molar-refractivity contribution in [3.8, 4) is 0 Å². The van der Waals surface area contributed by atoms with E-state index >= 15 is 0 Å². The summed E-state index contributed by atoms with van der Waals surface area (Å²) in [6.45, 7) is 9.31. The zero-order valence-electron chi connectivity index (χ0n) is 19.9. The summed E-state index contributed by atoms with van der Waals surface area (Å²) in [5.41, 5.74) is -0.0207. The van der Waals surface area contributed by atoms with Crippen molar-refractivity contribution in [3.63, 3.8) is 0 Å². The molecule has 0 bridgehead atoms. The van der Waals surface area contributed by atoms with Gasteiger partial charge in [0.2, 0.25) is 5.91 Å². The molecule has 0 radical (unpaired) electrons. The van der Waals surface area contributed by atoms with Crippen molar-refractivity contribution >= 4 is 23.8 Å². The average Bonchev–Trinajstić information content (AvgIpc) is 2.69. The maximum atomic E-state index is 13.0. The van der Waals surface area contributed by atoms with Gasteiger partial charge in [0.25, 0.3) is 0 Å². The largest absolute Gasteiger partial charge is 0.467 e. The van der Waals surface area contributed by atoms with E-state index in [0.29, 0.717) is 12.0 Å². The predicted octanol–water partition coefficient (Wildman–Crippen LogP) is 3.55. The standard InChI is InChI=1S/C24H36N2O6/c1-16(2)14-18(15-19(27)12-13-25-23(30)32-24(3,4)5)21(28)26-20(22(29)31-6)17-10-8-7-9-11-17/h7-11,16,18,20H,12-15H2,1-6H3,(H,25,30)(H,26,28)/t18-,20+/m1/s1. The van der Waals surface area contributed by atoms with Crippen LogP contribution in [-0.2, 0) is 23.9 Å². The summed E-state index contributed by atoms with van der Waals surface area (Å²) in [4.78, 5) is 49.5. The van der Waals surface area contributed by atoms with Gasteiger partial charge in [-0.25, -0.2) is 9.59 Å². The van der Waals surface area contributed by atoms with Gasteiger partial charge in [0.05, 0.1) is 7.11 Å². The highest BCUT2D eigenvalue weighted by Gasteiger charge is 2.29. The SMILES string of the molecule is COC(=O)[C@@H](NC(=O)[C@@H](CC(=O)CCNC(=O)OC(C)(C)C)CC(C)C)c1ccccc1. The number of hydrogen-bond donors (Lipinski definition) is 2. The van der Waals surface area contributed by atoms with Crippen LogP contribution >= 0.6 is 0 Å². The molecule has 0 fully saturated rings. The Morgan fingerprint density at radius 3 is 2.19 bits per heavy atom. The number of benzene rings is 1. The second-order valence-electron chi connectivity index (χ2n) is 9.12. The van der Waals surface area contributed by atoms with Crippen molar-refractivity contribution in [2.75, 3.05) is 13.7 Å². The van der Waals surface area contributed by atoms with Crippen molar-refractivity contribution in [3.05, 3.63) is 35.9 Å². The molecule has 2 atom stereocenters. The molecular formula is C24H36N2O6. The first-order valence-electron chi connectivity index (χ1n) is 10.8. The zero-order valence-corrected chi connectivity index (χ0v) is 19.9. The maximum Gasteiger partial charge on any atom is 0.407 e. The minimum absolute atomic E-state index is 0.0166. The van der Waals surface area contributed by atoms with Gasteiger partial charge in [0.1, 0.15) is 11.4 Å². The van der Waals surface area contributed by atoms with Gasteiger partial charge in [0, 0.05) is 25.3 Å². The van der Waals surface area contributed by atoms with E-state index in [0.717, 1.165) is 0 Å². The fraction of sp³-hybridized carbons (Fsp3) is 0.583. The molecule has 2 amide bonds. The quantitative estimate of drug-likeness (QED) is 0.501. The molecule has 178 valence electrons. The Bertz CT molecular complexity index is 770. The number of amides is 2. The molecule has 0 aliphatic carbocycles. The summed E-state index contributed by atoms with van der Waals surface area (Å²) in [7, 11) is 1.26. The second-order valence-corrected chi connectivity index (χ2v) is 9.12. The molecule has 2 N–H and O–H groups in total. The number of ether oxygens (including phenoxy) is 2. The van der Waals surface area contributed by atoms with Crippen molar-refractivity contribution in [2.24, 2.45) is 11.8 Å². The van der Waals surface area contributed by atoms with Crippen LogP contribution in [0.2, 0.25) is 0 Å². The predicted molar refractivity (Wildman–Crippen MR) is 121 cm³/mol. The molecule has 0 saturated heterocycles. The Morgan fingerprint density at radius 1 is 1.03 bits per heavy atom. The van der Waals surface area contributed by atoms with Crippen LogP contribution in [-0.4, -0.2) is 43.0 Å². The van der Waals surface area contributed by atoms with Gasteiger partial charge in [-0.3, -0.25) is 9.59 Å². The molecule has 0 spiro atoms. The highest BCUT2D eigenvalue weighted by Crippen LogP contribution is 2.20. The Hall–Kier alpha value is -2.90. The van der Waals surface area contributed by atoms with E-state index in [1.54, 1.807) is 45.0 Å². The number of nitrogens with one attached hydrogen (secondary N) is 2. The molecule has 1 aromatic carbocycles. The average molecular weight is 449 g/mol. The van der Waals surface area contributed by atoms with Gasteiger partial charge in [-0.05, 0) is 38.7 Å². The van der Waals surface area contributed by atoms with Crippen molar-refractivity contribution in [1.82, 2.24) is 10.6 Å². The lowest BCUT2D eigenvalue weighted by molar-refractivity contribution is -0.146. The van der Waals surface area contributed by atoms with Crippen LogP contribution in [0.3, 0.4) is 0 Å². The molecule has 1 aromatic rings. The first kappa shape index (κ1) is 27.1. The molecule has 0 heterocycles. The van der Waals surface area contributed by atoms with Gasteiger partial charge in [-0.1, -0.05) is 44.2 Å². The topological polar surface area (TPSA) is 111 Å². The molecule has 0 unspecified atom stereocenters. The number of rotatable bonds is 11. The van der Waals surface area contributed by atoms with Gasteiger partial charge in [0.15, 0.2) is 6.04 Å². The summed E-state index contributed by atoms with van der Waals surface area (Å²) in [5.74, 6) is -1.55. The Balaban J connectivity index is 2.75. The lowest BCUT2D eigenvalue weighted by Gasteiger charge is -2.22. The third-order valence-electron chi connectivity index (χ3n) is 4.53. The van der Waals surface area contributed by atoms with Gasteiger partial charge in [-0.2, -0.15) is 0 Å². The minimum atomic E-state index is -0.952. The fourth-order valence-electron chi connectivity index (χ4n) is 3.15. The number of carbonyl (C=O) groups excluding carboxylic acids is 4. The number of esters is 1. The summed E-state index contributed by atoms with van der Waals surface area (Å²) in [5, 5.41) is 5.29. The molecule has 8 heteroatoms. The van der Waals surface area contributed by atoms with Crippen LogP contribution in [0.15, 0.2) is 30.3 Å². The Kier molecular flexibility index (Phi) is 10.9. The van der Waals surface area contributed by atoms with E-state index in [9.17, 15) is 19.2 Å². The van der Waals surface area contributed by atoms with E-state index in [1.807, 2.05) is 19.9 Å². The van der Waals surface area contributed by atoms with Crippen LogP contribution < -0.4 is 10.6 Å². The van der Waals surface area contributed by atoms with Crippen LogP contribution in [0.25, 0.3) is 0 Å². The van der Waals surface area contributed by atoms with Crippen LogP contribution in [0.4, 0.5) is 4.79 Å². The van der Waals surface area contributed by atoms with Crippen LogP contribution in [0.1, 0.15) is 65.5 Å². The van der Waals surface area contributed by atoms with Crippen molar-refractivity contribution in [1.29, 1.82) is 0 Å². The first-order chi connectivity index (χ1) is 14.9. The summed E-state index contributed by atoms with van der Waals surface area (Å²) >= 11 is 0. The zero-order chi connectivity index (χ0) is 24.3. The first-order valence-corrected chi connectivity index (χ1v) is 10.8. The molecular weight excluding hydrogens is 412 g/mol. The number of ketones is 1. The highest BCUT2D eigenvalue weighted by atomic mass is 16.6. The Labute approximate surface area is 190 Å². The van der Waals surface area contributed by atoms with Crippen LogP contribution in [0.5, 0.6) is 0 Å². The normalized spacial score (nSPS) is 13.1. The molecule has 1 rings (SSSR count). The number of carbonyl (C=O) groups is 4. The van der Waals surface area contributed by atoms with Gasteiger partial charge < -0.3 is 20.1 Å². The molecule has 8 nitrogen and oxygen atoms in total. The van der Waals surface area contributed by atoms with Gasteiger partial charge in [-0.15, -0.1) is 0 Å². The van der Waals surface area contributed by atoms with Crippen molar-refractivity contribution < 1.29 is 28.7 Å². The molecule has 0 saturated carbocycles. The van der Waals surface area contributed by atoms with E-state index < -0.39 is 29.6 Å². The smallest absolute Gasteiger partial charge is 0.407 e. The molecule has 0 aliphatic heterocycles. The van der Waals surface area contributed by atoms with Crippen LogP contribution in [0, 0.1) is 11.8 Å². The number of methoxy groups -OCH3 is 1. The molecule has 0 aromatic heterocycles. The maximum absolute atomic E-state index is 13.0. The van der Waals surface area contributed by atoms with Gasteiger partial charge >= 0.3 is 12.1 Å². The minimum Gasteiger partial charge on any atom is -0.467 e. The van der Waals surface area contributed by atoms with Crippen molar-refractivity contribution in [2.45, 2.75) is 65.5 Å². The van der Waals surface area contributed by atoms with E-state index in [1.165, 1.54) is 7.11 Å². The summed E-state index contributed by atoms with van der Waals surface area (Å²) < 4.78 is 9.99. The summed E-state index contributed by atoms with van der Waals surface area (Å²) in [6.07, 6.45) is -0.00609. The molecule has 0 aliphatic rings. The summed E-state index contributed by atoms with van der Waals surface area (Å²) in [6, 6.07) is 7.85. The second kappa shape index (κ2) is 12.8. The fourth-order valence-corrected chi connectivity index (χ4v) is 3.15. The van der Waals surface area contributed by atoms with E-state index in [2.05, 4.69) is 10.6 Å². The third-order valence-corrected chi connectivity index (χ3v) is 4.53. The monoisotopic (exact) mass is 448 g/mol.